The molecule has 1 saturated heterocycles. The van der Waals surface area contributed by atoms with E-state index in [1.54, 1.807) is 18.2 Å². The first-order chi connectivity index (χ1) is 13.4. The molecular weight excluding hydrogens is 384 g/mol. The van der Waals surface area contributed by atoms with Gasteiger partial charge in [-0.25, -0.2) is 9.78 Å². The molecule has 0 spiro atoms. The van der Waals surface area contributed by atoms with Gasteiger partial charge in [0.25, 0.3) is 5.91 Å². The lowest BCUT2D eigenvalue weighted by molar-refractivity contribution is -0.130. The number of amides is 4. The maximum absolute atomic E-state index is 12.6. The third-order valence-corrected chi connectivity index (χ3v) is 5.03. The van der Waals surface area contributed by atoms with Crippen LogP contribution in [-0.2, 0) is 16.1 Å². The van der Waals surface area contributed by atoms with Crippen molar-refractivity contribution in [2.75, 3.05) is 19.5 Å². The zero-order valence-corrected chi connectivity index (χ0v) is 16.5. The van der Waals surface area contributed by atoms with Crippen LogP contribution in [-0.4, -0.2) is 48.0 Å². The average molecular weight is 404 g/mol. The number of thiazole rings is 1. The van der Waals surface area contributed by atoms with E-state index in [4.69, 9.17) is 9.47 Å². The van der Waals surface area contributed by atoms with Gasteiger partial charge in [-0.05, 0) is 24.6 Å². The highest BCUT2D eigenvalue weighted by molar-refractivity contribution is 7.13. The number of anilines is 1. The van der Waals surface area contributed by atoms with E-state index in [1.165, 1.54) is 25.6 Å². The molecule has 9 nitrogen and oxygen atoms in total. The molecule has 2 N–H and O–H groups in total. The quantitative estimate of drug-likeness (QED) is 0.683. The summed E-state index contributed by atoms with van der Waals surface area (Å²) in [4.78, 5) is 42.2. The minimum atomic E-state index is -0.909. The second-order valence-electron chi connectivity index (χ2n) is 6.16. The second kappa shape index (κ2) is 8.26. The number of urea groups is 1. The molecule has 0 radical (unpaired) electrons. The van der Waals surface area contributed by atoms with Crippen molar-refractivity contribution >= 4 is 34.3 Å². The Labute approximate surface area is 165 Å². The van der Waals surface area contributed by atoms with Crippen molar-refractivity contribution in [3.63, 3.8) is 0 Å². The van der Waals surface area contributed by atoms with Crippen LogP contribution < -0.4 is 20.1 Å². The lowest BCUT2D eigenvalue weighted by atomic mass is 10.1. The van der Waals surface area contributed by atoms with E-state index in [2.05, 4.69) is 15.6 Å². The molecule has 1 aliphatic rings. The molecule has 1 aromatic carbocycles. The Morgan fingerprint density at radius 2 is 2.04 bits per heavy atom. The first-order valence-corrected chi connectivity index (χ1v) is 9.34. The largest absolute Gasteiger partial charge is 0.493 e. The Kier molecular flexibility index (Phi) is 5.78. The summed E-state index contributed by atoms with van der Waals surface area (Å²) < 4.78 is 10.4. The molecule has 4 amide bonds. The number of carbonyl (C=O) groups is 3. The summed E-state index contributed by atoms with van der Waals surface area (Å²) >= 11 is 1.30. The van der Waals surface area contributed by atoms with Gasteiger partial charge in [-0.3, -0.25) is 14.5 Å². The number of carbonyl (C=O) groups excluding carboxylic acids is 3. The Hall–Kier alpha value is -3.14. The Bertz CT molecular complexity index is 913. The SMILES string of the molecule is COc1ccc(CN2C(=O)N[C@H](CC(=O)Nc3nc(C)cs3)C2=O)cc1OC. The van der Waals surface area contributed by atoms with E-state index in [0.29, 0.717) is 22.2 Å². The lowest BCUT2D eigenvalue weighted by Gasteiger charge is -2.15. The molecule has 2 heterocycles. The smallest absolute Gasteiger partial charge is 0.325 e. The summed E-state index contributed by atoms with van der Waals surface area (Å²) in [6.07, 6.45) is -0.161. The molecule has 0 saturated carbocycles. The molecule has 2 aromatic rings. The van der Waals surface area contributed by atoms with Gasteiger partial charge in [0.05, 0.1) is 32.9 Å². The van der Waals surface area contributed by atoms with Gasteiger partial charge in [0.15, 0.2) is 16.6 Å². The highest BCUT2D eigenvalue weighted by Gasteiger charge is 2.39. The number of methoxy groups -OCH3 is 2. The fourth-order valence-corrected chi connectivity index (χ4v) is 3.50. The van der Waals surface area contributed by atoms with E-state index in [0.717, 1.165) is 10.6 Å². The first-order valence-electron chi connectivity index (χ1n) is 8.46. The van der Waals surface area contributed by atoms with Crippen LogP contribution >= 0.6 is 11.3 Å². The lowest BCUT2D eigenvalue weighted by Crippen LogP contribution is -2.34. The van der Waals surface area contributed by atoms with Crippen LogP contribution in [0, 0.1) is 6.92 Å². The summed E-state index contributed by atoms with van der Waals surface area (Å²) in [5, 5.41) is 7.45. The first kappa shape index (κ1) is 19.6. The topological polar surface area (TPSA) is 110 Å². The number of benzene rings is 1. The van der Waals surface area contributed by atoms with Gasteiger partial charge in [0.2, 0.25) is 5.91 Å². The van der Waals surface area contributed by atoms with Gasteiger partial charge in [0, 0.05) is 5.38 Å². The van der Waals surface area contributed by atoms with E-state index >= 15 is 0 Å². The van der Waals surface area contributed by atoms with Crippen LogP contribution in [0.25, 0.3) is 0 Å². The Morgan fingerprint density at radius 1 is 1.29 bits per heavy atom. The zero-order chi connectivity index (χ0) is 20.3. The Balaban J connectivity index is 1.64. The molecule has 3 rings (SSSR count). The van der Waals surface area contributed by atoms with Crippen LogP contribution in [0.2, 0.25) is 0 Å². The van der Waals surface area contributed by atoms with Crippen molar-refractivity contribution in [2.24, 2.45) is 0 Å². The third kappa shape index (κ3) is 4.22. The maximum Gasteiger partial charge on any atom is 0.325 e. The van der Waals surface area contributed by atoms with Crippen molar-refractivity contribution in [3.05, 3.63) is 34.8 Å². The van der Waals surface area contributed by atoms with Gasteiger partial charge < -0.3 is 20.1 Å². The number of hydrogen-bond donors (Lipinski definition) is 2. The van der Waals surface area contributed by atoms with Crippen molar-refractivity contribution < 1.29 is 23.9 Å². The van der Waals surface area contributed by atoms with Crippen molar-refractivity contribution in [2.45, 2.75) is 25.9 Å². The van der Waals surface area contributed by atoms with Crippen LogP contribution in [0.3, 0.4) is 0 Å². The summed E-state index contributed by atoms with van der Waals surface area (Å²) in [5.74, 6) is 0.211. The highest BCUT2D eigenvalue weighted by atomic mass is 32.1. The molecular formula is C18H20N4O5S. The predicted molar refractivity (Wildman–Crippen MR) is 103 cm³/mol. The second-order valence-corrected chi connectivity index (χ2v) is 7.02. The normalized spacial score (nSPS) is 16.1. The highest BCUT2D eigenvalue weighted by Crippen LogP contribution is 2.28. The van der Waals surface area contributed by atoms with E-state index < -0.39 is 18.0 Å². The van der Waals surface area contributed by atoms with Crippen LogP contribution in [0.5, 0.6) is 11.5 Å². The molecule has 28 heavy (non-hydrogen) atoms. The molecule has 1 aliphatic heterocycles. The molecule has 0 aliphatic carbocycles. The summed E-state index contributed by atoms with van der Waals surface area (Å²) in [6.45, 7) is 1.88. The van der Waals surface area contributed by atoms with Gasteiger partial charge >= 0.3 is 6.03 Å². The average Bonchev–Trinajstić information content (AvgIpc) is 3.19. The molecule has 10 heteroatoms. The van der Waals surface area contributed by atoms with Crippen LogP contribution in [0.15, 0.2) is 23.6 Å². The zero-order valence-electron chi connectivity index (χ0n) is 15.6. The number of rotatable bonds is 7. The number of aryl methyl sites for hydroxylation is 1. The fourth-order valence-electron chi connectivity index (χ4n) is 2.79. The van der Waals surface area contributed by atoms with E-state index in [9.17, 15) is 14.4 Å². The minimum absolute atomic E-state index is 0.0643. The number of nitrogens with one attached hydrogen (secondary N) is 2. The standard InChI is InChI=1S/C18H20N4O5S/c1-10-9-28-17(19-10)21-15(23)7-12-16(24)22(18(25)20-12)8-11-4-5-13(26-2)14(6-11)27-3/h4-6,9,12H,7-8H2,1-3H3,(H,20,25)(H,19,21,23)/t12-/m1/s1. The maximum atomic E-state index is 12.6. The van der Waals surface area contributed by atoms with E-state index in [1.807, 2.05) is 12.3 Å². The minimum Gasteiger partial charge on any atom is -0.493 e. The molecule has 0 unspecified atom stereocenters. The summed E-state index contributed by atoms with van der Waals surface area (Å²) in [6, 6.07) is 3.70. The van der Waals surface area contributed by atoms with Gasteiger partial charge in [-0.1, -0.05) is 6.07 Å². The molecule has 1 atom stereocenters. The number of ether oxygens (including phenoxy) is 2. The molecule has 1 aromatic heterocycles. The van der Waals surface area contributed by atoms with Gasteiger partial charge in [-0.2, -0.15) is 0 Å². The van der Waals surface area contributed by atoms with Crippen molar-refractivity contribution in [1.82, 2.24) is 15.2 Å². The molecule has 0 bridgehead atoms. The van der Waals surface area contributed by atoms with Crippen molar-refractivity contribution in [1.29, 1.82) is 0 Å². The molecule has 148 valence electrons. The number of imide groups is 1. The molecule has 1 fully saturated rings. The number of hydrogen-bond acceptors (Lipinski definition) is 7. The van der Waals surface area contributed by atoms with Gasteiger partial charge in [-0.15, -0.1) is 11.3 Å². The van der Waals surface area contributed by atoms with Crippen molar-refractivity contribution in [3.8, 4) is 11.5 Å². The van der Waals surface area contributed by atoms with Crippen LogP contribution in [0.1, 0.15) is 17.7 Å². The van der Waals surface area contributed by atoms with Crippen LogP contribution in [0.4, 0.5) is 9.93 Å². The fraction of sp³-hybridized carbons (Fsp3) is 0.333. The van der Waals surface area contributed by atoms with E-state index in [-0.39, 0.29) is 18.9 Å². The predicted octanol–water partition coefficient (Wildman–Crippen LogP) is 1.92. The number of nitrogens with zero attached hydrogens (tertiary/aromatic N) is 2. The Morgan fingerprint density at radius 3 is 2.68 bits per heavy atom. The van der Waals surface area contributed by atoms with Gasteiger partial charge in [0.1, 0.15) is 6.04 Å². The summed E-state index contributed by atoms with van der Waals surface area (Å²) in [7, 11) is 3.03. The monoisotopic (exact) mass is 404 g/mol. The summed E-state index contributed by atoms with van der Waals surface area (Å²) in [5.41, 5.74) is 1.50. The third-order valence-electron chi connectivity index (χ3n) is 4.15. The number of aromatic nitrogens is 1.